The standard InChI is InChI=1S/C16H13BrCl2N2O3S/c1-23-13-6-8(15(22)21-16(20)25)5-10(17)14(13)24-7-9-11(18)3-2-4-12(9)19/h2-6H,7H2,1H3,(H3,20,21,22,25). The van der Waals surface area contributed by atoms with Crippen LogP contribution in [0.3, 0.4) is 0 Å². The van der Waals surface area contributed by atoms with Gasteiger partial charge in [-0.3, -0.25) is 10.1 Å². The van der Waals surface area contributed by atoms with Gasteiger partial charge in [0.25, 0.3) is 5.91 Å². The van der Waals surface area contributed by atoms with Crippen LogP contribution < -0.4 is 20.5 Å². The summed E-state index contributed by atoms with van der Waals surface area (Å²) in [6, 6.07) is 8.28. The van der Waals surface area contributed by atoms with Gasteiger partial charge in [0.1, 0.15) is 6.61 Å². The van der Waals surface area contributed by atoms with Crippen LogP contribution in [0.1, 0.15) is 15.9 Å². The number of benzene rings is 2. The molecule has 0 aromatic heterocycles. The van der Waals surface area contributed by atoms with Gasteiger partial charge >= 0.3 is 0 Å². The second kappa shape index (κ2) is 8.71. The Bertz CT molecular complexity index is 813. The molecular weight excluding hydrogens is 451 g/mol. The third kappa shape index (κ3) is 4.98. The van der Waals surface area contributed by atoms with Gasteiger partial charge in [0, 0.05) is 21.2 Å². The van der Waals surface area contributed by atoms with Crippen molar-refractivity contribution in [2.24, 2.45) is 5.73 Å². The summed E-state index contributed by atoms with van der Waals surface area (Å²) in [5.41, 5.74) is 6.27. The Kier molecular flexibility index (Phi) is 6.89. The summed E-state index contributed by atoms with van der Waals surface area (Å²) in [4.78, 5) is 12.0. The Morgan fingerprint density at radius 1 is 1.32 bits per heavy atom. The van der Waals surface area contributed by atoms with Crippen LogP contribution in [0.5, 0.6) is 11.5 Å². The van der Waals surface area contributed by atoms with E-state index in [1.165, 1.54) is 13.2 Å². The molecule has 0 bridgehead atoms. The van der Waals surface area contributed by atoms with Gasteiger partial charge in [0.2, 0.25) is 0 Å². The number of methoxy groups -OCH3 is 1. The molecule has 0 aliphatic carbocycles. The second-order valence-corrected chi connectivity index (χ2v) is 6.91. The maximum atomic E-state index is 12.0. The van der Waals surface area contributed by atoms with Crippen molar-refractivity contribution < 1.29 is 14.3 Å². The summed E-state index contributed by atoms with van der Waals surface area (Å²) in [5, 5.41) is 3.22. The predicted molar refractivity (Wildman–Crippen MR) is 106 cm³/mol. The highest BCUT2D eigenvalue weighted by Crippen LogP contribution is 2.38. The highest BCUT2D eigenvalue weighted by molar-refractivity contribution is 9.10. The van der Waals surface area contributed by atoms with Crippen LogP contribution in [0.2, 0.25) is 10.0 Å². The number of carbonyl (C=O) groups excluding carboxylic acids is 1. The quantitative estimate of drug-likeness (QED) is 0.646. The molecule has 3 N–H and O–H groups in total. The maximum absolute atomic E-state index is 12.0. The molecule has 0 spiro atoms. The van der Waals surface area contributed by atoms with Crippen molar-refractivity contribution in [3.8, 4) is 11.5 Å². The molecule has 1 amide bonds. The van der Waals surface area contributed by atoms with Crippen molar-refractivity contribution >= 4 is 62.4 Å². The average Bonchev–Trinajstić information content (AvgIpc) is 2.54. The van der Waals surface area contributed by atoms with E-state index in [1.807, 2.05) is 0 Å². The van der Waals surface area contributed by atoms with E-state index in [9.17, 15) is 4.79 Å². The van der Waals surface area contributed by atoms with Gasteiger partial charge in [-0.05, 0) is 52.4 Å². The number of hydrogen-bond acceptors (Lipinski definition) is 4. The van der Waals surface area contributed by atoms with Crippen molar-refractivity contribution in [1.82, 2.24) is 5.32 Å². The van der Waals surface area contributed by atoms with Crippen molar-refractivity contribution in [2.45, 2.75) is 6.61 Å². The molecule has 0 aliphatic rings. The van der Waals surface area contributed by atoms with Gasteiger partial charge in [-0.15, -0.1) is 0 Å². The fourth-order valence-electron chi connectivity index (χ4n) is 1.99. The minimum Gasteiger partial charge on any atom is -0.493 e. The molecule has 0 saturated carbocycles. The van der Waals surface area contributed by atoms with Crippen LogP contribution in [-0.2, 0) is 6.61 Å². The zero-order valence-electron chi connectivity index (χ0n) is 12.9. The second-order valence-electron chi connectivity index (χ2n) is 4.80. The SMILES string of the molecule is COc1cc(C(=O)NC(N)=S)cc(Br)c1OCc1c(Cl)cccc1Cl. The molecule has 2 rings (SSSR count). The molecule has 132 valence electrons. The molecule has 2 aromatic rings. The largest absolute Gasteiger partial charge is 0.493 e. The third-order valence-electron chi connectivity index (χ3n) is 3.15. The molecule has 5 nitrogen and oxygen atoms in total. The first kappa shape index (κ1) is 19.8. The zero-order valence-corrected chi connectivity index (χ0v) is 16.9. The van der Waals surface area contributed by atoms with Crippen LogP contribution >= 0.6 is 51.3 Å². The summed E-state index contributed by atoms with van der Waals surface area (Å²) >= 11 is 20.3. The third-order valence-corrected chi connectivity index (χ3v) is 4.55. The molecule has 0 aliphatic heterocycles. The lowest BCUT2D eigenvalue weighted by Gasteiger charge is -2.15. The minimum absolute atomic E-state index is 0.117. The summed E-state index contributed by atoms with van der Waals surface area (Å²) in [5.74, 6) is 0.309. The first-order valence-corrected chi connectivity index (χ1v) is 8.83. The highest BCUT2D eigenvalue weighted by atomic mass is 79.9. The smallest absolute Gasteiger partial charge is 0.257 e. The Morgan fingerprint density at radius 3 is 2.52 bits per heavy atom. The summed E-state index contributed by atoms with van der Waals surface area (Å²) in [7, 11) is 1.46. The molecule has 0 unspecified atom stereocenters. The topological polar surface area (TPSA) is 73.6 Å². The molecule has 0 fully saturated rings. The van der Waals surface area contributed by atoms with Gasteiger partial charge < -0.3 is 15.2 Å². The molecule has 25 heavy (non-hydrogen) atoms. The van der Waals surface area contributed by atoms with Gasteiger partial charge in [-0.2, -0.15) is 0 Å². The number of nitrogens with two attached hydrogens (primary N) is 1. The lowest BCUT2D eigenvalue weighted by Crippen LogP contribution is -2.34. The van der Waals surface area contributed by atoms with Gasteiger partial charge in [-0.1, -0.05) is 29.3 Å². The highest BCUT2D eigenvalue weighted by Gasteiger charge is 2.17. The van der Waals surface area contributed by atoms with Crippen LogP contribution in [0.4, 0.5) is 0 Å². The van der Waals surface area contributed by atoms with Crippen LogP contribution in [-0.4, -0.2) is 18.1 Å². The van der Waals surface area contributed by atoms with E-state index in [4.69, 9.17) is 38.4 Å². The number of ether oxygens (including phenoxy) is 2. The van der Waals surface area contributed by atoms with E-state index in [-0.39, 0.29) is 11.7 Å². The number of halogens is 3. The Labute approximate surface area is 168 Å². The van der Waals surface area contributed by atoms with E-state index < -0.39 is 5.91 Å². The van der Waals surface area contributed by atoms with E-state index >= 15 is 0 Å². The minimum atomic E-state index is -0.452. The Hall–Kier alpha value is -1.54. The Morgan fingerprint density at radius 2 is 1.96 bits per heavy atom. The number of thiocarbonyl (C=S) groups is 1. The molecule has 2 aromatic carbocycles. The van der Waals surface area contributed by atoms with Gasteiger partial charge in [0.05, 0.1) is 11.6 Å². The number of carbonyl (C=O) groups is 1. The van der Waals surface area contributed by atoms with Crippen LogP contribution in [0.15, 0.2) is 34.8 Å². The zero-order chi connectivity index (χ0) is 18.6. The van der Waals surface area contributed by atoms with Crippen molar-refractivity contribution in [1.29, 1.82) is 0 Å². The van der Waals surface area contributed by atoms with Crippen molar-refractivity contribution in [3.05, 3.63) is 56.0 Å². The lowest BCUT2D eigenvalue weighted by molar-refractivity contribution is 0.0977. The van der Waals surface area contributed by atoms with E-state index in [0.717, 1.165) is 0 Å². The monoisotopic (exact) mass is 462 g/mol. The fraction of sp³-hybridized carbons (Fsp3) is 0.125. The van der Waals surface area contributed by atoms with Crippen molar-refractivity contribution in [3.63, 3.8) is 0 Å². The molecule has 0 atom stereocenters. The fourth-order valence-corrected chi connectivity index (χ4v) is 3.15. The number of hydrogen-bond donors (Lipinski definition) is 2. The Balaban J connectivity index is 2.29. The number of rotatable bonds is 5. The van der Waals surface area contributed by atoms with Crippen LogP contribution in [0.25, 0.3) is 0 Å². The first-order valence-electron chi connectivity index (χ1n) is 6.87. The molecule has 9 heteroatoms. The van der Waals surface area contributed by atoms with Gasteiger partial charge in [0.15, 0.2) is 16.6 Å². The summed E-state index contributed by atoms with van der Waals surface area (Å²) in [6.07, 6.45) is 0. The van der Waals surface area contributed by atoms with Gasteiger partial charge in [-0.25, -0.2) is 0 Å². The molecule has 0 heterocycles. The molecule has 0 radical (unpaired) electrons. The normalized spacial score (nSPS) is 10.2. The predicted octanol–water partition coefficient (Wildman–Crippen LogP) is 4.32. The van der Waals surface area contributed by atoms with Crippen LogP contribution in [0, 0.1) is 0 Å². The summed E-state index contributed by atoms with van der Waals surface area (Å²) < 4.78 is 11.6. The van der Waals surface area contributed by atoms with Crippen molar-refractivity contribution in [2.75, 3.05) is 7.11 Å². The number of nitrogens with one attached hydrogen (secondary N) is 1. The molecule has 0 saturated heterocycles. The molecular formula is C16H13BrCl2N2O3S. The lowest BCUT2D eigenvalue weighted by atomic mass is 10.2. The average molecular weight is 464 g/mol. The summed E-state index contributed by atoms with van der Waals surface area (Å²) in [6.45, 7) is 0.131. The van der Waals surface area contributed by atoms with E-state index in [1.54, 1.807) is 24.3 Å². The number of amides is 1. The van der Waals surface area contributed by atoms with E-state index in [0.29, 0.717) is 37.1 Å². The maximum Gasteiger partial charge on any atom is 0.257 e. The van der Waals surface area contributed by atoms with E-state index in [2.05, 4.69) is 33.5 Å². The first-order chi connectivity index (χ1) is 11.8.